The first-order chi connectivity index (χ1) is 9.65. The number of amides is 1. The molecule has 1 aliphatic heterocycles. The van der Waals surface area contributed by atoms with E-state index in [9.17, 15) is 9.59 Å². The van der Waals surface area contributed by atoms with Crippen molar-refractivity contribution in [2.24, 2.45) is 5.92 Å². The van der Waals surface area contributed by atoms with Gasteiger partial charge >= 0.3 is 0 Å². The van der Waals surface area contributed by atoms with Crippen molar-refractivity contribution in [3.63, 3.8) is 0 Å². The molecule has 0 bridgehead atoms. The predicted octanol–water partition coefficient (Wildman–Crippen LogP) is 0.374. The molecule has 1 fully saturated rings. The minimum atomic E-state index is -0.357. The number of nitrogens with one attached hydrogen (secondary N) is 2. The molecule has 0 atom stereocenters. The predicted molar refractivity (Wildman–Crippen MR) is 82.1 cm³/mol. The zero-order chi connectivity index (χ0) is 14.1. The van der Waals surface area contributed by atoms with Gasteiger partial charge < -0.3 is 10.6 Å². The number of aromatic nitrogens is 2. The van der Waals surface area contributed by atoms with Gasteiger partial charge in [-0.3, -0.25) is 14.0 Å². The Kier molecular flexibility index (Phi) is 4.59. The number of rotatable bonds is 3. The van der Waals surface area contributed by atoms with Gasteiger partial charge in [0.15, 0.2) is 0 Å². The van der Waals surface area contributed by atoms with E-state index >= 15 is 0 Å². The zero-order valence-corrected chi connectivity index (χ0v) is 12.4. The maximum absolute atomic E-state index is 12.3. The third-order valence-corrected chi connectivity index (χ3v) is 3.53. The zero-order valence-electron chi connectivity index (χ0n) is 11.6. The van der Waals surface area contributed by atoms with Crippen LogP contribution in [0, 0.1) is 12.8 Å². The molecule has 0 radical (unpaired) electrons. The molecular formula is C14H17ClN4O2. The Bertz CT molecular complexity index is 724. The van der Waals surface area contributed by atoms with E-state index in [0.29, 0.717) is 18.1 Å². The van der Waals surface area contributed by atoms with Crippen molar-refractivity contribution in [1.29, 1.82) is 0 Å². The molecule has 21 heavy (non-hydrogen) atoms. The van der Waals surface area contributed by atoms with E-state index in [0.717, 1.165) is 18.7 Å². The van der Waals surface area contributed by atoms with Gasteiger partial charge in [0.05, 0.1) is 0 Å². The lowest BCUT2D eigenvalue weighted by Crippen LogP contribution is -2.48. The van der Waals surface area contributed by atoms with Gasteiger partial charge in [-0.1, -0.05) is 0 Å². The molecule has 2 N–H and O–H groups in total. The Balaban J connectivity index is 0.00000161. The quantitative estimate of drug-likeness (QED) is 0.859. The van der Waals surface area contributed by atoms with Crippen LogP contribution in [-0.2, 0) is 0 Å². The first kappa shape index (κ1) is 15.5. The van der Waals surface area contributed by atoms with Crippen molar-refractivity contribution in [1.82, 2.24) is 20.0 Å². The Morgan fingerprint density at radius 3 is 2.95 bits per heavy atom. The van der Waals surface area contributed by atoms with Crippen molar-refractivity contribution < 1.29 is 4.79 Å². The number of hydrogen-bond acceptors (Lipinski definition) is 4. The minimum Gasteiger partial charge on any atom is -0.351 e. The van der Waals surface area contributed by atoms with E-state index in [1.54, 1.807) is 6.20 Å². The first-order valence-electron chi connectivity index (χ1n) is 6.62. The Hall–Kier alpha value is -1.92. The fourth-order valence-corrected chi connectivity index (χ4v) is 2.16. The van der Waals surface area contributed by atoms with Crippen LogP contribution in [-0.4, -0.2) is 34.9 Å². The van der Waals surface area contributed by atoms with Gasteiger partial charge in [-0.05, 0) is 24.6 Å². The van der Waals surface area contributed by atoms with Gasteiger partial charge in [-0.15, -0.1) is 12.4 Å². The molecule has 6 nitrogen and oxygen atoms in total. The van der Waals surface area contributed by atoms with Crippen LogP contribution < -0.4 is 16.2 Å². The lowest BCUT2D eigenvalue weighted by atomic mass is 10.0. The number of pyridine rings is 1. The molecule has 1 aliphatic rings. The highest BCUT2D eigenvalue weighted by Crippen LogP contribution is 2.03. The average molecular weight is 309 g/mol. The smallest absolute Gasteiger partial charge is 0.270 e. The summed E-state index contributed by atoms with van der Waals surface area (Å²) in [4.78, 5) is 28.5. The monoisotopic (exact) mass is 308 g/mol. The van der Waals surface area contributed by atoms with Crippen LogP contribution in [0.15, 0.2) is 29.3 Å². The highest BCUT2D eigenvalue weighted by Gasteiger charge is 2.19. The fourth-order valence-electron chi connectivity index (χ4n) is 2.16. The SMILES string of the molecule is Cc1ccn2c(=O)c(C(=O)NCC3CNC3)cnc2c1.Cl. The van der Waals surface area contributed by atoms with E-state index in [-0.39, 0.29) is 29.4 Å². The molecule has 1 amide bonds. The van der Waals surface area contributed by atoms with E-state index in [2.05, 4.69) is 15.6 Å². The number of aryl methyl sites for hydroxylation is 1. The van der Waals surface area contributed by atoms with Crippen LogP contribution in [0.2, 0.25) is 0 Å². The van der Waals surface area contributed by atoms with Crippen LogP contribution in [0.25, 0.3) is 5.65 Å². The molecule has 0 aliphatic carbocycles. The van der Waals surface area contributed by atoms with E-state index in [1.165, 1.54) is 10.6 Å². The number of fused-ring (bicyclic) bond motifs is 1. The van der Waals surface area contributed by atoms with Crippen LogP contribution in [0.4, 0.5) is 0 Å². The van der Waals surface area contributed by atoms with Gasteiger partial charge in [0.25, 0.3) is 11.5 Å². The van der Waals surface area contributed by atoms with E-state index in [1.807, 2.05) is 19.1 Å². The second kappa shape index (κ2) is 6.24. The molecule has 2 aromatic rings. The summed E-state index contributed by atoms with van der Waals surface area (Å²) < 4.78 is 1.40. The number of carbonyl (C=O) groups excluding carboxylic acids is 1. The number of hydrogen-bond donors (Lipinski definition) is 2. The molecule has 3 heterocycles. The van der Waals surface area contributed by atoms with Gasteiger partial charge in [-0.2, -0.15) is 0 Å². The normalized spacial score (nSPS) is 14.3. The highest BCUT2D eigenvalue weighted by molar-refractivity contribution is 5.93. The van der Waals surface area contributed by atoms with Gasteiger partial charge in [0, 0.05) is 37.9 Å². The number of carbonyl (C=O) groups is 1. The van der Waals surface area contributed by atoms with Crippen molar-refractivity contribution in [3.05, 3.63) is 46.0 Å². The molecule has 2 aromatic heterocycles. The van der Waals surface area contributed by atoms with Crippen molar-refractivity contribution in [3.8, 4) is 0 Å². The molecule has 0 spiro atoms. The third-order valence-electron chi connectivity index (χ3n) is 3.53. The molecule has 3 rings (SSSR count). The van der Waals surface area contributed by atoms with Crippen LogP contribution in [0.1, 0.15) is 15.9 Å². The second-order valence-electron chi connectivity index (χ2n) is 5.14. The Labute approximate surface area is 128 Å². The molecular weight excluding hydrogens is 292 g/mol. The molecule has 7 heteroatoms. The maximum Gasteiger partial charge on any atom is 0.270 e. The lowest BCUT2D eigenvalue weighted by molar-refractivity contribution is 0.0940. The third kappa shape index (κ3) is 3.06. The van der Waals surface area contributed by atoms with Crippen LogP contribution in [0.3, 0.4) is 0 Å². The fraction of sp³-hybridized carbons (Fsp3) is 0.357. The molecule has 0 unspecified atom stereocenters. The molecule has 0 saturated carbocycles. The van der Waals surface area contributed by atoms with Crippen molar-refractivity contribution in [2.45, 2.75) is 6.92 Å². The summed E-state index contributed by atoms with van der Waals surface area (Å²) in [6.07, 6.45) is 3.00. The minimum absolute atomic E-state index is 0. The van der Waals surface area contributed by atoms with Gasteiger partial charge in [-0.25, -0.2) is 4.98 Å². The number of nitrogens with zero attached hydrogens (tertiary/aromatic N) is 2. The summed E-state index contributed by atoms with van der Waals surface area (Å²) in [6, 6.07) is 3.63. The molecule has 112 valence electrons. The van der Waals surface area contributed by atoms with Crippen molar-refractivity contribution >= 4 is 24.0 Å². The number of halogens is 1. The lowest BCUT2D eigenvalue weighted by Gasteiger charge is -2.26. The van der Waals surface area contributed by atoms with Crippen LogP contribution >= 0.6 is 12.4 Å². The van der Waals surface area contributed by atoms with E-state index in [4.69, 9.17) is 0 Å². The van der Waals surface area contributed by atoms with E-state index < -0.39 is 0 Å². The highest BCUT2D eigenvalue weighted by atomic mass is 35.5. The van der Waals surface area contributed by atoms with Crippen molar-refractivity contribution in [2.75, 3.05) is 19.6 Å². The largest absolute Gasteiger partial charge is 0.351 e. The summed E-state index contributed by atoms with van der Waals surface area (Å²) in [5.74, 6) is 0.0992. The second-order valence-corrected chi connectivity index (χ2v) is 5.14. The van der Waals surface area contributed by atoms with Gasteiger partial charge in [0.2, 0.25) is 0 Å². The topological polar surface area (TPSA) is 75.5 Å². The first-order valence-corrected chi connectivity index (χ1v) is 6.62. The summed E-state index contributed by atoms with van der Waals surface area (Å²) in [5.41, 5.74) is 1.32. The maximum atomic E-state index is 12.3. The average Bonchev–Trinajstić information content (AvgIpc) is 2.36. The standard InChI is InChI=1S/C14H16N4O2.ClH/c1-9-2-3-18-12(4-9)16-8-11(14(18)20)13(19)17-7-10-5-15-6-10;/h2-4,8,10,15H,5-7H2,1H3,(H,17,19);1H. The molecule has 1 saturated heterocycles. The van der Waals surface area contributed by atoms with Crippen LogP contribution in [0.5, 0.6) is 0 Å². The Morgan fingerprint density at radius 2 is 2.29 bits per heavy atom. The molecule has 0 aromatic carbocycles. The Morgan fingerprint density at radius 1 is 1.52 bits per heavy atom. The summed E-state index contributed by atoms with van der Waals surface area (Å²) >= 11 is 0. The summed E-state index contributed by atoms with van der Waals surface area (Å²) in [6.45, 7) is 4.34. The summed E-state index contributed by atoms with van der Waals surface area (Å²) in [5, 5.41) is 5.92. The summed E-state index contributed by atoms with van der Waals surface area (Å²) in [7, 11) is 0. The van der Waals surface area contributed by atoms with Gasteiger partial charge in [0.1, 0.15) is 11.2 Å².